The molecule has 0 spiro atoms. The summed E-state index contributed by atoms with van der Waals surface area (Å²) in [4.78, 5) is 12.4. The topological polar surface area (TPSA) is 75.9 Å². The summed E-state index contributed by atoms with van der Waals surface area (Å²) in [5, 5.41) is 19.5. The van der Waals surface area contributed by atoms with Gasteiger partial charge in [-0.3, -0.25) is 0 Å². The normalized spacial score (nSPS) is 20.4. The Kier molecular flexibility index (Phi) is 11.6. The highest BCUT2D eigenvalue weighted by Gasteiger charge is 2.24. The second kappa shape index (κ2) is 14.1. The zero-order valence-corrected chi connectivity index (χ0v) is 22.9. The van der Waals surface area contributed by atoms with Crippen molar-refractivity contribution in [2.45, 2.75) is 46.5 Å². The summed E-state index contributed by atoms with van der Waals surface area (Å²) in [6.45, 7) is 7.61. The molecule has 1 aliphatic carbocycles. The fourth-order valence-electron chi connectivity index (χ4n) is 4.03. The molecule has 0 heterocycles. The number of phenolic OH excluding ortho intramolecular Hbond substituents is 1. The van der Waals surface area contributed by atoms with Crippen molar-refractivity contribution in [1.29, 1.82) is 0 Å². The number of likely N-dealkylation sites (N-methyl/N-ethyl adjacent to an activating group) is 1. The van der Waals surface area contributed by atoms with Crippen molar-refractivity contribution >= 4 is 23.5 Å². The number of halogens is 1. The molecular formula is C27H40ClN3O4. The molecule has 0 saturated heterocycles. The predicted octanol–water partition coefficient (Wildman–Crippen LogP) is 5.76. The van der Waals surface area contributed by atoms with E-state index < -0.39 is 0 Å². The minimum atomic E-state index is 0.0913. The van der Waals surface area contributed by atoms with Gasteiger partial charge in [-0.15, -0.1) is 0 Å². The highest BCUT2D eigenvalue weighted by Crippen LogP contribution is 2.41. The Bertz CT molecular complexity index is 970. The number of aromatic hydroxyl groups is 1. The number of hydrogen-bond acceptors (Lipinski definition) is 7. The highest BCUT2D eigenvalue weighted by atomic mass is 35.5. The van der Waals surface area contributed by atoms with Crippen LogP contribution in [-0.2, 0) is 16.1 Å². The number of rotatable bonds is 11. The quantitative estimate of drug-likeness (QED) is 0.179. The molecule has 1 N–H and O–H groups in total. The van der Waals surface area contributed by atoms with Gasteiger partial charge in [-0.05, 0) is 71.0 Å². The summed E-state index contributed by atoms with van der Waals surface area (Å²) in [6, 6.07) is 0. The molecule has 1 saturated carbocycles. The number of phenols is 1. The van der Waals surface area contributed by atoms with Gasteiger partial charge in [0.05, 0.1) is 24.1 Å². The Morgan fingerprint density at radius 1 is 1.29 bits per heavy atom. The third kappa shape index (κ3) is 8.29. The smallest absolute Gasteiger partial charge is 0.144 e. The van der Waals surface area contributed by atoms with Gasteiger partial charge in [0.25, 0.3) is 0 Å². The van der Waals surface area contributed by atoms with Gasteiger partial charge in [-0.2, -0.15) is 0 Å². The molecular weight excluding hydrogens is 466 g/mol. The molecule has 0 aliphatic heterocycles. The maximum Gasteiger partial charge on any atom is 0.144 e. The van der Waals surface area contributed by atoms with Crippen molar-refractivity contribution in [3.8, 4) is 11.5 Å². The summed E-state index contributed by atoms with van der Waals surface area (Å²) < 4.78 is 5.52. The molecule has 1 aromatic carbocycles. The maximum absolute atomic E-state index is 10.9. The van der Waals surface area contributed by atoms with Crippen molar-refractivity contribution in [1.82, 2.24) is 4.90 Å². The van der Waals surface area contributed by atoms with E-state index >= 15 is 0 Å². The van der Waals surface area contributed by atoms with Crippen LogP contribution in [0.3, 0.4) is 0 Å². The van der Waals surface area contributed by atoms with Crippen LogP contribution in [0.4, 0.5) is 0 Å². The average molecular weight is 506 g/mol. The van der Waals surface area contributed by atoms with Gasteiger partial charge in [-0.1, -0.05) is 52.6 Å². The van der Waals surface area contributed by atoms with E-state index in [0.717, 1.165) is 37.1 Å². The summed E-state index contributed by atoms with van der Waals surface area (Å²) in [6.07, 6.45) is 11.4. The van der Waals surface area contributed by atoms with Crippen LogP contribution in [0.2, 0.25) is 5.02 Å². The van der Waals surface area contributed by atoms with Crippen LogP contribution in [0.25, 0.3) is 0 Å². The molecule has 1 aliphatic rings. The SMILES string of the molecule is CO/N=C/c1c(C)c(Cl)c(OC)c(C/C=C(C)/C=C/C2C/C(=N/OCCN(C)C)CC[C@H]2C)c1O. The van der Waals surface area contributed by atoms with E-state index in [2.05, 4.69) is 47.3 Å². The van der Waals surface area contributed by atoms with Crippen LogP contribution >= 0.6 is 11.6 Å². The van der Waals surface area contributed by atoms with Crippen LogP contribution < -0.4 is 4.74 Å². The lowest BCUT2D eigenvalue weighted by atomic mass is 9.79. The van der Waals surface area contributed by atoms with Gasteiger partial charge in [0.15, 0.2) is 0 Å². The number of oxime groups is 2. The van der Waals surface area contributed by atoms with Crippen LogP contribution in [-0.4, -0.2) is 63.4 Å². The number of methoxy groups -OCH3 is 1. The fraction of sp³-hybridized carbons (Fsp3) is 0.556. The summed E-state index contributed by atoms with van der Waals surface area (Å²) in [5.74, 6) is 1.56. The van der Waals surface area contributed by atoms with Crippen molar-refractivity contribution in [3.05, 3.63) is 45.5 Å². The Hall–Kier alpha value is -2.51. The molecule has 7 nitrogen and oxygen atoms in total. The second-order valence-electron chi connectivity index (χ2n) is 9.32. The molecule has 1 aromatic rings. The Morgan fingerprint density at radius 2 is 2.03 bits per heavy atom. The van der Waals surface area contributed by atoms with E-state index in [0.29, 0.717) is 52.3 Å². The lowest BCUT2D eigenvalue weighted by Gasteiger charge is -2.27. The van der Waals surface area contributed by atoms with Gasteiger partial charge in [0.1, 0.15) is 25.2 Å². The number of hydrogen-bond donors (Lipinski definition) is 1. The molecule has 1 unspecified atom stereocenters. The van der Waals surface area contributed by atoms with Gasteiger partial charge >= 0.3 is 0 Å². The minimum absolute atomic E-state index is 0.0913. The third-order valence-corrected chi connectivity index (χ3v) is 6.84. The predicted molar refractivity (Wildman–Crippen MR) is 144 cm³/mol. The van der Waals surface area contributed by atoms with Crippen LogP contribution in [0, 0.1) is 18.8 Å². The van der Waals surface area contributed by atoms with Crippen LogP contribution in [0.1, 0.15) is 49.8 Å². The van der Waals surface area contributed by atoms with E-state index in [4.69, 9.17) is 26.0 Å². The van der Waals surface area contributed by atoms with E-state index in [-0.39, 0.29) is 5.75 Å². The molecule has 0 radical (unpaired) electrons. The number of ether oxygens (including phenoxy) is 1. The first-order chi connectivity index (χ1) is 16.7. The fourth-order valence-corrected chi connectivity index (χ4v) is 4.32. The zero-order chi connectivity index (χ0) is 26.0. The standard InChI is InChI=1S/C27H40ClN3O4/c1-18(8-11-21-16-22(12-10-19(21)2)30-35-15-14-31(4)5)9-13-23-26(32)24(17-29-34-7)20(3)25(28)27(23)33-6/h8-9,11,17,19,21,32H,10,12-16H2,1-7H3/b11-8+,18-9+,29-17+,30-22+/t19-,21?/m1/s1. The Balaban J connectivity index is 2.14. The maximum atomic E-state index is 10.9. The summed E-state index contributed by atoms with van der Waals surface area (Å²) >= 11 is 6.53. The summed E-state index contributed by atoms with van der Waals surface area (Å²) in [7, 11) is 7.05. The third-order valence-electron chi connectivity index (χ3n) is 6.39. The van der Waals surface area contributed by atoms with Crippen LogP contribution in [0.5, 0.6) is 11.5 Å². The number of benzene rings is 1. The van der Waals surface area contributed by atoms with Gasteiger partial charge in [-0.25, -0.2) is 0 Å². The van der Waals surface area contributed by atoms with Gasteiger partial charge in [0, 0.05) is 17.7 Å². The van der Waals surface area contributed by atoms with Crippen molar-refractivity contribution in [2.75, 3.05) is 41.5 Å². The lowest BCUT2D eigenvalue weighted by molar-refractivity contribution is 0.123. The lowest BCUT2D eigenvalue weighted by Crippen LogP contribution is -2.22. The molecule has 35 heavy (non-hydrogen) atoms. The highest BCUT2D eigenvalue weighted by molar-refractivity contribution is 6.33. The van der Waals surface area contributed by atoms with E-state index in [9.17, 15) is 5.11 Å². The average Bonchev–Trinajstić information content (AvgIpc) is 2.83. The molecule has 0 amide bonds. The van der Waals surface area contributed by atoms with Crippen LogP contribution in [0.15, 0.2) is 34.1 Å². The zero-order valence-electron chi connectivity index (χ0n) is 22.1. The van der Waals surface area contributed by atoms with E-state index in [1.807, 2.05) is 21.0 Å². The summed E-state index contributed by atoms with van der Waals surface area (Å²) in [5.41, 5.74) is 4.04. The van der Waals surface area contributed by atoms with Gasteiger partial charge in [0.2, 0.25) is 0 Å². The van der Waals surface area contributed by atoms with Crippen molar-refractivity contribution < 1.29 is 19.5 Å². The first-order valence-corrected chi connectivity index (χ1v) is 12.4. The van der Waals surface area contributed by atoms with E-state index in [1.54, 1.807) is 7.11 Å². The molecule has 1 fully saturated rings. The number of nitrogens with zero attached hydrogens (tertiary/aromatic N) is 3. The number of allylic oxidation sites excluding steroid dienone is 4. The molecule has 2 atom stereocenters. The molecule has 0 aromatic heterocycles. The molecule has 194 valence electrons. The monoisotopic (exact) mass is 505 g/mol. The second-order valence-corrected chi connectivity index (χ2v) is 9.70. The molecule has 8 heteroatoms. The van der Waals surface area contributed by atoms with Crippen molar-refractivity contribution in [3.63, 3.8) is 0 Å². The molecule has 0 bridgehead atoms. The minimum Gasteiger partial charge on any atom is -0.507 e. The van der Waals surface area contributed by atoms with E-state index in [1.165, 1.54) is 13.3 Å². The first-order valence-electron chi connectivity index (χ1n) is 12.0. The first kappa shape index (κ1) is 28.7. The molecule has 2 rings (SSSR count). The van der Waals surface area contributed by atoms with Gasteiger partial charge < -0.3 is 24.4 Å². The van der Waals surface area contributed by atoms with Crippen molar-refractivity contribution in [2.24, 2.45) is 22.1 Å². The largest absolute Gasteiger partial charge is 0.507 e. The Labute approximate surface area is 215 Å². The Morgan fingerprint density at radius 3 is 2.69 bits per heavy atom.